The van der Waals surface area contributed by atoms with Gasteiger partial charge in [0, 0.05) is 0 Å². The first-order chi connectivity index (χ1) is 4.90. The van der Waals surface area contributed by atoms with Crippen LogP contribution in [-0.4, -0.2) is 15.8 Å². The van der Waals surface area contributed by atoms with E-state index in [1.54, 1.807) is 32.1 Å². The van der Waals surface area contributed by atoms with Gasteiger partial charge in [0.05, 0.1) is 0 Å². The predicted octanol–water partition coefficient (Wildman–Crippen LogP) is 1.97. The summed E-state index contributed by atoms with van der Waals surface area (Å²) in [5, 5.41) is 0. The molecule has 1 radical (unpaired) electrons. The van der Waals surface area contributed by atoms with Gasteiger partial charge in [-0.2, -0.15) is 0 Å². The summed E-state index contributed by atoms with van der Waals surface area (Å²) in [5.74, 6) is 2.34. The van der Waals surface area contributed by atoms with Gasteiger partial charge in [-0.15, -0.1) is 0 Å². The van der Waals surface area contributed by atoms with E-state index in [9.17, 15) is 0 Å². The maximum atomic E-state index is 2.06. The normalized spacial score (nSPS) is 54.6. The van der Waals surface area contributed by atoms with E-state index in [0.717, 1.165) is 0 Å². The molecule has 2 saturated heterocycles. The van der Waals surface area contributed by atoms with Crippen LogP contribution in [0.3, 0.4) is 0 Å². The molecule has 2 aliphatic carbocycles. The molecule has 0 amide bonds. The fourth-order valence-corrected chi connectivity index (χ4v) is 8.01. The molecule has 55 valence electrons. The molecular formula is C9H14As. The zero-order chi connectivity index (χ0) is 6.55. The summed E-state index contributed by atoms with van der Waals surface area (Å²) in [6.07, 6.45) is 8.03. The average Bonchev–Trinajstić information content (AvgIpc) is 1.82. The van der Waals surface area contributed by atoms with Crippen LogP contribution in [0.2, 0.25) is 4.71 Å². The zero-order valence-electron chi connectivity index (χ0n) is 6.27. The third kappa shape index (κ3) is 0.811. The second-order valence-electron chi connectivity index (χ2n) is 4.29. The van der Waals surface area contributed by atoms with Crippen molar-refractivity contribution in [3.05, 3.63) is 4.71 Å². The van der Waals surface area contributed by atoms with Crippen molar-refractivity contribution in [2.24, 2.45) is 11.8 Å². The van der Waals surface area contributed by atoms with E-state index in [-0.39, 0.29) is 0 Å². The van der Waals surface area contributed by atoms with Crippen molar-refractivity contribution in [2.45, 2.75) is 36.8 Å². The Morgan fingerprint density at radius 3 is 2.20 bits per heavy atom. The van der Waals surface area contributed by atoms with Crippen molar-refractivity contribution in [2.75, 3.05) is 0 Å². The second-order valence-corrected chi connectivity index (χ2v) is 8.09. The molecule has 0 spiro atoms. The quantitative estimate of drug-likeness (QED) is 0.521. The van der Waals surface area contributed by atoms with Crippen LogP contribution in [0, 0.1) is 16.5 Å². The van der Waals surface area contributed by atoms with Crippen LogP contribution in [-0.2, 0) is 0 Å². The van der Waals surface area contributed by atoms with Crippen molar-refractivity contribution in [3.63, 3.8) is 0 Å². The monoisotopic (exact) mass is 197 g/mol. The molecule has 0 aromatic rings. The molecule has 4 fully saturated rings. The molecule has 0 aromatic heterocycles. The SMILES string of the molecule is C1[C]2CC3CC1CC(C3)[AsH]2. The van der Waals surface area contributed by atoms with Crippen molar-refractivity contribution in [1.29, 1.82) is 0 Å². The summed E-state index contributed by atoms with van der Waals surface area (Å²) in [6, 6.07) is 0. The molecule has 3 atom stereocenters. The van der Waals surface area contributed by atoms with Gasteiger partial charge in [-0.1, -0.05) is 0 Å². The molecule has 10 heavy (non-hydrogen) atoms. The van der Waals surface area contributed by atoms with Gasteiger partial charge in [0.15, 0.2) is 0 Å². The van der Waals surface area contributed by atoms with Crippen LogP contribution in [0.4, 0.5) is 0 Å². The molecule has 2 heterocycles. The van der Waals surface area contributed by atoms with Gasteiger partial charge in [0.1, 0.15) is 0 Å². The molecule has 3 unspecified atom stereocenters. The van der Waals surface area contributed by atoms with Crippen molar-refractivity contribution >= 4 is 15.8 Å². The Labute approximate surface area is 69.5 Å². The van der Waals surface area contributed by atoms with Gasteiger partial charge in [-0.05, 0) is 0 Å². The van der Waals surface area contributed by atoms with E-state index < -0.39 is 0 Å². The van der Waals surface area contributed by atoms with E-state index in [0.29, 0.717) is 15.8 Å². The van der Waals surface area contributed by atoms with Gasteiger partial charge < -0.3 is 0 Å². The first-order valence-corrected chi connectivity index (χ1v) is 6.77. The molecular weight excluding hydrogens is 183 g/mol. The summed E-state index contributed by atoms with van der Waals surface area (Å²) in [5.41, 5.74) is 0. The van der Waals surface area contributed by atoms with Crippen LogP contribution in [0.25, 0.3) is 0 Å². The first-order valence-electron chi connectivity index (χ1n) is 4.51. The number of hydrogen-bond donors (Lipinski definition) is 0. The van der Waals surface area contributed by atoms with Gasteiger partial charge in [-0.3, -0.25) is 0 Å². The van der Waals surface area contributed by atoms with Gasteiger partial charge in [0.2, 0.25) is 0 Å². The molecule has 4 bridgehead atoms. The van der Waals surface area contributed by atoms with Crippen LogP contribution in [0.15, 0.2) is 0 Å². The average molecular weight is 197 g/mol. The summed E-state index contributed by atoms with van der Waals surface area (Å²) in [6.45, 7) is 0. The Bertz CT molecular complexity index is 96.3. The standard InChI is InChI=1S/C9H14As/c1-6-2-8-4-7(1)5-9(3-6)10-8/h6-8,10H,1-5H2. The van der Waals surface area contributed by atoms with E-state index in [2.05, 4.69) is 4.71 Å². The maximum absolute atomic E-state index is 2.06. The number of hydrogen-bond acceptors (Lipinski definition) is 0. The molecule has 2 aliphatic heterocycles. The van der Waals surface area contributed by atoms with Crippen LogP contribution < -0.4 is 0 Å². The Morgan fingerprint density at radius 1 is 1.00 bits per heavy atom. The first kappa shape index (κ1) is 6.12. The Hall–Kier alpha value is 0.558. The van der Waals surface area contributed by atoms with Gasteiger partial charge >= 0.3 is 69.1 Å². The number of rotatable bonds is 0. The molecule has 1 heteroatoms. The van der Waals surface area contributed by atoms with Crippen LogP contribution in [0.5, 0.6) is 0 Å². The minimum atomic E-state index is 0.466. The Kier molecular flexibility index (Phi) is 1.24. The zero-order valence-corrected chi connectivity index (χ0v) is 8.37. The summed E-state index contributed by atoms with van der Waals surface area (Å²) in [7, 11) is 0. The summed E-state index contributed by atoms with van der Waals surface area (Å²) in [4.78, 5) is 0. The summed E-state index contributed by atoms with van der Waals surface area (Å²) < 4.78 is 3.32. The van der Waals surface area contributed by atoms with E-state index >= 15 is 0 Å². The Morgan fingerprint density at radius 2 is 1.70 bits per heavy atom. The third-order valence-electron chi connectivity index (χ3n) is 3.38. The van der Waals surface area contributed by atoms with Gasteiger partial charge in [0.25, 0.3) is 0 Å². The predicted molar refractivity (Wildman–Crippen MR) is 44.2 cm³/mol. The molecule has 2 saturated carbocycles. The third-order valence-corrected chi connectivity index (χ3v) is 6.94. The molecule has 4 rings (SSSR count). The topological polar surface area (TPSA) is 0 Å². The van der Waals surface area contributed by atoms with Crippen molar-refractivity contribution < 1.29 is 0 Å². The van der Waals surface area contributed by atoms with Crippen molar-refractivity contribution in [3.8, 4) is 0 Å². The van der Waals surface area contributed by atoms with Crippen LogP contribution in [0.1, 0.15) is 32.1 Å². The fourth-order valence-electron chi connectivity index (χ4n) is 3.20. The van der Waals surface area contributed by atoms with Crippen LogP contribution >= 0.6 is 0 Å². The molecule has 0 aromatic carbocycles. The second kappa shape index (κ2) is 2.03. The van der Waals surface area contributed by atoms with Crippen molar-refractivity contribution in [1.82, 2.24) is 0 Å². The minimum absolute atomic E-state index is 0.466. The van der Waals surface area contributed by atoms with Gasteiger partial charge in [-0.25, -0.2) is 0 Å². The Balaban J connectivity index is 1.90. The molecule has 4 aliphatic rings. The van der Waals surface area contributed by atoms with E-state index in [1.165, 1.54) is 16.5 Å². The molecule has 0 N–H and O–H groups in total. The molecule has 0 nitrogen and oxygen atoms in total. The van der Waals surface area contributed by atoms with E-state index in [1.807, 2.05) is 0 Å². The van der Waals surface area contributed by atoms with E-state index in [4.69, 9.17) is 0 Å². The fraction of sp³-hybridized carbons (Fsp3) is 0.889. The summed E-state index contributed by atoms with van der Waals surface area (Å²) >= 11 is 0.466.